The summed E-state index contributed by atoms with van der Waals surface area (Å²) in [5.74, 6) is 0.370. The Balaban J connectivity index is 1.89. The van der Waals surface area contributed by atoms with Crippen LogP contribution in [0.25, 0.3) is 0 Å². The van der Waals surface area contributed by atoms with Crippen LogP contribution in [0.4, 0.5) is 0 Å². The molecule has 2 unspecified atom stereocenters. The first kappa shape index (κ1) is 9.00. The van der Waals surface area contributed by atoms with Gasteiger partial charge in [-0.25, -0.2) is 4.79 Å². The van der Waals surface area contributed by atoms with Gasteiger partial charge in [-0.1, -0.05) is 19.3 Å². The van der Waals surface area contributed by atoms with E-state index in [0.717, 1.165) is 0 Å². The molecule has 74 valence electrons. The molecule has 0 spiro atoms. The Bertz CT molecular complexity index is 196. The van der Waals surface area contributed by atoms with E-state index in [2.05, 4.69) is 0 Å². The van der Waals surface area contributed by atoms with E-state index in [-0.39, 0.29) is 18.2 Å². The van der Waals surface area contributed by atoms with Gasteiger partial charge in [-0.3, -0.25) is 0 Å². The molecule has 1 aliphatic heterocycles. The van der Waals surface area contributed by atoms with E-state index in [1.54, 1.807) is 7.11 Å². The van der Waals surface area contributed by atoms with Crippen molar-refractivity contribution in [1.29, 1.82) is 0 Å². The summed E-state index contributed by atoms with van der Waals surface area (Å²) in [6.07, 6.45) is 6.04. The maximum Gasteiger partial charge on any atom is 0.339 e. The van der Waals surface area contributed by atoms with E-state index in [1.165, 1.54) is 32.1 Å². The number of carbonyl (C=O) groups excluding carboxylic acids is 1. The molecule has 1 heterocycles. The zero-order chi connectivity index (χ0) is 9.26. The van der Waals surface area contributed by atoms with E-state index in [4.69, 9.17) is 9.47 Å². The monoisotopic (exact) mass is 184 g/mol. The maximum absolute atomic E-state index is 11.0. The van der Waals surface area contributed by atoms with E-state index < -0.39 is 0 Å². The second-order valence-electron chi connectivity index (χ2n) is 3.96. The minimum atomic E-state index is -0.275. The quantitative estimate of drug-likeness (QED) is 0.610. The van der Waals surface area contributed by atoms with Crippen molar-refractivity contribution in [3.05, 3.63) is 0 Å². The van der Waals surface area contributed by atoms with Gasteiger partial charge in [-0.05, 0) is 18.8 Å². The van der Waals surface area contributed by atoms with Gasteiger partial charge in [0.1, 0.15) is 6.10 Å². The molecule has 2 rings (SSSR count). The van der Waals surface area contributed by atoms with Crippen molar-refractivity contribution in [3.63, 3.8) is 0 Å². The average Bonchev–Trinajstić information content (AvgIpc) is 2.16. The third-order valence-corrected chi connectivity index (χ3v) is 3.15. The van der Waals surface area contributed by atoms with Crippen LogP contribution in [0.5, 0.6) is 0 Å². The third-order valence-electron chi connectivity index (χ3n) is 3.15. The zero-order valence-corrected chi connectivity index (χ0v) is 7.99. The molecule has 13 heavy (non-hydrogen) atoms. The normalized spacial score (nSPS) is 35.3. The van der Waals surface area contributed by atoms with Gasteiger partial charge >= 0.3 is 5.97 Å². The van der Waals surface area contributed by atoms with E-state index >= 15 is 0 Å². The van der Waals surface area contributed by atoms with Crippen molar-refractivity contribution in [1.82, 2.24) is 0 Å². The number of ether oxygens (including phenoxy) is 2. The van der Waals surface area contributed by atoms with Crippen LogP contribution in [0.1, 0.15) is 32.1 Å². The van der Waals surface area contributed by atoms with Crippen molar-refractivity contribution < 1.29 is 14.3 Å². The molecule has 3 nitrogen and oxygen atoms in total. The van der Waals surface area contributed by atoms with Crippen LogP contribution in [0.3, 0.4) is 0 Å². The Morgan fingerprint density at radius 2 is 2.00 bits per heavy atom. The van der Waals surface area contributed by atoms with Crippen LogP contribution < -0.4 is 0 Å². The van der Waals surface area contributed by atoms with Gasteiger partial charge in [0, 0.05) is 7.11 Å². The molecule has 2 atom stereocenters. The molecule has 0 amide bonds. The minimum absolute atomic E-state index is 0.0535. The van der Waals surface area contributed by atoms with Gasteiger partial charge in [0.25, 0.3) is 0 Å². The molecule has 0 aromatic heterocycles. The van der Waals surface area contributed by atoms with Crippen LogP contribution in [-0.4, -0.2) is 25.3 Å². The molecule has 0 aromatic carbocycles. The van der Waals surface area contributed by atoms with Crippen molar-refractivity contribution in [2.75, 3.05) is 7.11 Å². The Kier molecular flexibility index (Phi) is 2.54. The molecule has 0 bridgehead atoms. The summed E-state index contributed by atoms with van der Waals surface area (Å²) >= 11 is 0. The maximum atomic E-state index is 11.0. The van der Waals surface area contributed by atoms with Crippen LogP contribution >= 0.6 is 0 Å². The second-order valence-corrected chi connectivity index (χ2v) is 3.96. The smallest absolute Gasteiger partial charge is 0.339 e. The van der Waals surface area contributed by atoms with E-state index in [9.17, 15) is 4.79 Å². The lowest BCUT2D eigenvalue weighted by Crippen LogP contribution is -2.55. The van der Waals surface area contributed by atoms with Gasteiger partial charge in [-0.2, -0.15) is 0 Å². The van der Waals surface area contributed by atoms with E-state index in [1.807, 2.05) is 0 Å². The molecule has 3 heteroatoms. The summed E-state index contributed by atoms with van der Waals surface area (Å²) in [7, 11) is 1.58. The molecule has 0 radical (unpaired) electrons. The predicted molar refractivity (Wildman–Crippen MR) is 47.3 cm³/mol. The standard InChI is InChI=1S/C10H16O3/c1-12-9-8(13-10(9)11)7-5-3-2-4-6-7/h7-9H,2-6H2,1H3. The summed E-state index contributed by atoms with van der Waals surface area (Å²) in [6, 6.07) is 0. The molecule has 1 saturated carbocycles. The SMILES string of the molecule is COC1C(=O)OC1C1CCCCC1. The number of hydrogen-bond donors (Lipinski definition) is 0. The van der Waals surface area contributed by atoms with Gasteiger partial charge in [0.15, 0.2) is 6.10 Å². The topological polar surface area (TPSA) is 35.5 Å². The Morgan fingerprint density at radius 3 is 2.54 bits per heavy atom. The largest absolute Gasteiger partial charge is 0.457 e. The molecule has 2 aliphatic rings. The summed E-state index contributed by atoms with van der Waals surface area (Å²) < 4.78 is 10.2. The number of rotatable bonds is 2. The Hall–Kier alpha value is -0.570. The lowest BCUT2D eigenvalue weighted by molar-refractivity contribution is -0.211. The van der Waals surface area contributed by atoms with Crippen LogP contribution in [0, 0.1) is 5.92 Å². The fourth-order valence-electron chi connectivity index (χ4n) is 2.36. The first-order valence-electron chi connectivity index (χ1n) is 5.06. The molecular formula is C10H16O3. The second kappa shape index (κ2) is 3.66. The minimum Gasteiger partial charge on any atom is -0.457 e. The number of carbonyl (C=O) groups is 1. The molecular weight excluding hydrogens is 168 g/mol. The highest BCUT2D eigenvalue weighted by Crippen LogP contribution is 2.34. The summed E-state index contributed by atoms with van der Waals surface area (Å²) in [5, 5.41) is 0. The average molecular weight is 184 g/mol. The fraction of sp³-hybridized carbons (Fsp3) is 0.900. The lowest BCUT2D eigenvalue weighted by atomic mass is 9.81. The molecule has 0 N–H and O–H groups in total. The number of cyclic esters (lactones) is 1. The van der Waals surface area contributed by atoms with Gasteiger partial charge in [0.05, 0.1) is 0 Å². The van der Waals surface area contributed by atoms with Crippen molar-refractivity contribution >= 4 is 5.97 Å². The first-order chi connectivity index (χ1) is 6.33. The number of hydrogen-bond acceptors (Lipinski definition) is 3. The Labute approximate surface area is 78.4 Å². The lowest BCUT2D eigenvalue weighted by Gasteiger charge is -2.40. The molecule has 1 saturated heterocycles. The van der Waals surface area contributed by atoms with Crippen LogP contribution in [0.15, 0.2) is 0 Å². The predicted octanol–water partition coefficient (Wildman–Crippen LogP) is 1.51. The molecule has 0 aromatic rings. The third kappa shape index (κ3) is 1.57. The van der Waals surface area contributed by atoms with Crippen molar-refractivity contribution in [3.8, 4) is 0 Å². The fourth-order valence-corrected chi connectivity index (χ4v) is 2.36. The highest BCUT2D eigenvalue weighted by Gasteiger charge is 2.47. The van der Waals surface area contributed by atoms with Crippen LogP contribution in [0.2, 0.25) is 0 Å². The van der Waals surface area contributed by atoms with E-state index in [0.29, 0.717) is 5.92 Å². The number of esters is 1. The number of methoxy groups -OCH3 is 1. The van der Waals surface area contributed by atoms with Crippen molar-refractivity contribution in [2.24, 2.45) is 5.92 Å². The van der Waals surface area contributed by atoms with Gasteiger partial charge in [-0.15, -0.1) is 0 Å². The van der Waals surface area contributed by atoms with Crippen molar-refractivity contribution in [2.45, 2.75) is 44.3 Å². The van der Waals surface area contributed by atoms with Gasteiger partial charge in [0.2, 0.25) is 0 Å². The highest BCUT2D eigenvalue weighted by atomic mass is 16.6. The summed E-state index contributed by atoms with van der Waals surface area (Å²) in [4.78, 5) is 11.0. The Morgan fingerprint density at radius 1 is 1.31 bits per heavy atom. The zero-order valence-electron chi connectivity index (χ0n) is 7.99. The van der Waals surface area contributed by atoms with Gasteiger partial charge < -0.3 is 9.47 Å². The molecule has 2 fully saturated rings. The van der Waals surface area contributed by atoms with Crippen LogP contribution in [-0.2, 0) is 14.3 Å². The highest BCUT2D eigenvalue weighted by molar-refractivity contribution is 5.81. The summed E-state index contributed by atoms with van der Waals surface area (Å²) in [5.41, 5.74) is 0. The first-order valence-corrected chi connectivity index (χ1v) is 5.06. The molecule has 1 aliphatic carbocycles. The summed E-state index contributed by atoms with van der Waals surface area (Å²) in [6.45, 7) is 0.